The Morgan fingerprint density at radius 1 is 0.902 bits per heavy atom. The smallest absolute Gasteiger partial charge is 0.253 e. The molecular weight excluding hydrogens is 578 g/mol. The Morgan fingerprint density at radius 3 is 2.27 bits per heavy atom. The minimum atomic E-state index is -0.212. The average molecular weight is 617 g/mol. The number of carbonyl (C=O) groups excluding carboxylic acids is 2. The number of hydrogen-bond acceptors (Lipinski definition) is 4. The van der Waals surface area contributed by atoms with Gasteiger partial charge in [-0.2, -0.15) is 0 Å². The van der Waals surface area contributed by atoms with Crippen molar-refractivity contribution in [3.8, 4) is 5.75 Å². The van der Waals surface area contributed by atoms with Gasteiger partial charge in [0.1, 0.15) is 5.75 Å². The Morgan fingerprint density at radius 2 is 1.59 bits per heavy atom. The van der Waals surface area contributed by atoms with Gasteiger partial charge in [0.25, 0.3) is 5.91 Å². The van der Waals surface area contributed by atoms with Crippen LogP contribution in [0.4, 0.5) is 0 Å². The van der Waals surface area contributed by atoms with E-state index in [0.29, 0.717) is 29.9 Å². The third-order valence-electron chi connectivity index (χ3n) is 9.49. The molecule has 6 rings (SSSR count). The van der Waals surface area contributed by atoms with Crippen molar-refractivity contribution < 1.29 is 14.3 Å². The second-order valence-corrected chi connectivity index (χ2v) is 12.8. The van der Waals surface area contributed by atoms with Gasteiger partial charge in [0, 0.05) is 48.7 Å². The first-order valence-corrected chi connectivity index (χ1v) is 15.5. The van der Waals surface area contributed by atoms with Gasteiger partial charge < -0.3 is 19.4 Å². The quantitative estimate of drug-likeness (QED) is 0.336. The highest BCUT2D eigenvalue weighted by Crippen LogP contribution is 2.43. The van der Waals surface area contributed by atoms with E-state index in [4.69, 9.17) is 4.74 Å². The predicted molar refractivity (Wildman–Crippen MR) is 164 cm³/mol. The molecule has 41 heavy (non-hydrogen) atoms. The van der Waals surface area contributed by atoms with Gasteiger partial charge in [0.2, 0.25) is 5.91 Å². The van der Waals surface area contributed by atoms with Crippen molar-refractivity contribution in [3.63, 3.8) is 0 Å². The van der Waals surface area contributed by atoms with Crippen LogP contribution in [0.5, 0.6) is 5.75 Å². The minimum Gasteiger partial charge on any atom is -0.497 e. The molecular formula is C34H38BrN3O3. The Balaban J connectivity index is 1.10. The number of methoxy groups -OCH3 is 1. The second-order valence-electron chi connectivity index (χ2n) is 11.9. The Labute approximate surface area is 251 Å². The summed E-state index contributed by atoms with van der Waals surface area (Å²) in [6.45, 7) is 5.81. The van der Waals surface area contributed by atoms with Crippen LogP contribution in [0.25, 0.3) is 0 Å². The number of piperidine rings is 1. The van der Waals surface area contributed by atoms with Crippen molar-refractivity contribution in [1.29, 1.82) is 0 Å². The highest BCUT2D eigenvalue weighted by atomic mass is 79.9. The summed E-state index contributed by atoms with van der Waals surface area (Å²) >= 11 is 3.50. The molecule has 0 radical (unpaired) electrons. The van der Waals surface area contributed by atoms with Crippen LogP contribution in [-0.2, 0) is 11.3 Å². The van der Waals surface area contributed by atoms with E-state index in [-0.39, 0.29) is 11.3 Å². The highest BCUT2D eigenvalue weighted by Gasteiger charge is 2.48. The zero-order valence-electron chi connectivity index (χ0n) is 23.7. The summed E-state index contributed by atoms with van der Waals surface area (Å²) in [4.78, 5) is 33.7. The lowest BCUT2D eigenvalue weighted by Crippen LogP contribution is -2.46. The number of benzene rings is 3. The lowest BCUT2D eigenvalue weighted by molar-refractivity contribution is -0.139. The number of nitrogens with zero attached hydrogens (tertiary/aromatic N) is 3. The van der Waals surface area contributed by atoms with Crippen molar-refractivity contribution in [2.75, 3.05) is 46.4 Å². The van der Waals surface area contributed by atoms with E-state index in [1.165, 1.54) is 11.1 Å². The Bertz CT molecular complexity index is 1350. The van der Waals surface area contributed by atoms with Crippen molar-refractivity contribution in [2.24, 2.45) is 11.3 Å². The topological polar surface area (TPSA) is 53.1 Å². The molecule has 3 aromatic rings. The van der Waals surface area contributed by atoms with Gasteiger partial charge >= 0.3 is 0 Å². The molecule has 0 aromatic heterocycles. The summed E-state index contributed by atoms with van der Waals surface area (Å²) in [6, 6.07) is 26.3. The fraction of sp³-hybridized carbons (Fsp3) is 0.412. The number of hydrogen-bond donors (Lipinski definition) is 0. The SMILES string of the molecule is COc1ccc(C(=O)N2C[C@H](CN3CCC4(CC3)CCN(Cc3ccc(Br)cc3)C4=O)[C@@H](c3ccccc3)C2)cc1. The van der Waals surface area contributed by atoms with Crippen molar-refractivity contribution in [3.05, 3.63) is 100 Å². The highest BCUT2D eigenvalue weighted by molar-refractivity contribution is 9.10. The third kappa shape index (κ3) is 5.93. The van der Waals surface area contributed by atoms with Crippen LogP contribution in [0.1, 0.15) is 46.7 Å². The lowest BCUT2D eigenvalue weighted by atomic mass is 9.76. The largest absolute Gasteiger partial charge is 0.497 e. The maximum Gasteiger partial charge on any atom is 0.253 e. The molecule has 0 N–H and O–H groups in total. The minimum absolute atomic E-state index is 0.0797. The summed E-state index contributed by atoms with van der Waals surface area (Å²) in [7, 11) is 1.64. The van der Waals surface area contributed by atoms with Crippen molar-refractivity contribution in [2.45, 2.75) is 31.7 Å². The van der Waals surface area contributed by atoms with E-state index in [1.807, 2.05) is 41.3 Å². The van der Waals surface area contributed by atoms with E-state index in [2.05, 4.69) is 68.2 Å². The zero-order chi connectivity index (χ0) is 28.4. The summed E-state index contributed by atoms with van der Waals surface area (Å²) in [5, 5.41) is 0. The summed E-state index contributed by atoms with van der Waals surface area (Å²) in [6.07, 6.45) is 2.79. The standard InChI is InChI=1S/C34H38BrN3O3/c1-41-30-13-9-27(10-14-30)32(39)38-23-28(31(24-38)26-5-3-2-4-6-26)22-36-18-15-34(16-19-36)17-20-37(33(34)40)21-25-7-11-29(35)12-8-25/h2-14,28,31H,15-24H2,1H3/t28-,31+/m0/s1. The predicted octanol–water partition coefficient (Wildman–Crippen LogP) is 5.83. The van der Waals surface area contributed by atoms with Gasteiger partial charge in [-0.05, 0) is 85.8 Å². The zero-order valence-corrected chi connectivity index (χ0v) is 25.3. The molecule has 6 nitrogen and oxygen atoms in total. The first kappa shape index (κ1) is 28.0. The summed E-state index contributed by atoms with van der Waals surface area (Å²) < 4.78 is 6.33. The fourth-order valence-corrected chi connectivity index (χ4v) is 7.29. The third-order valence-corrected chi connectivity index (χ3v) is 10.0. The number of rotatable bonds is 7. The fourth-order valence-electron chi connectivity index (χ4n) is 7.03. The number of halogens is 1. The van der Waals surface area contributed by atoms with Crippen LogP contribution in [0.15, 0.2) is 83.3 Å². The molecule has 214 valence electrons. The number of carbonyl (C=O) groups is 2. The maximum absolute atomic E-state index is 13.6. The molecule has 2 atom stereocenters. The molecule has 0 aliphatic carbocycles. The summed E-state index contributed by atoms with van der Waals surface area (Å²) in [5.41, 5.74) is 2.96. The first-order valence-electron chi connectivity index (χ1n) is 14.7. The average Bonchev–Trinajstić information content (AvgIpc) is 3.56. The Kier molecular flexibility index (Phi) is 8.18. The molecule has 3 heterocycles. The molecule has 7 heteroatoms. The van der Waals surface area contributed by atoms with Gasteiger partial charge in [0.05, 0.1) is 12.5 Å². The van der Waals surface area contributed by atoms with Gasteiger partial charge in [-0.25, -0.2) is 0 Å². The van der Waals surface area contributed by atoms with Crippen LogP contribution in [0.3, 0.4) is 0 Å². The van der Waals surface area contributed by atoms with Crippen LogP contribution >= 0.6 is 15.9 Å². The Hall–Kier alpha value is -3.16. The van der Waals surface area contributed by atoms with Crippen LogP contribution in [-0.4, -0.2) is 72.9 Å². The molecule has 2 amide bonds. The monoisotopic (exact) mass is 615 g/mol. The number of ether oxygens (including phenoxy) is 1. The normalized spacial score (nSPS) is 22.4. The van der Waals surface area contributed by atoms with E-state index in [1.54, 1.807) is 7.11 Å². The van der Waals surface area contributed by atoms with E-state index in [0.717, 1.165) is 68.8 Å². The van der Waals surface area contributed by atoms with Gasteiger partial charge in [-0.1, -0.05) is 58.4 Å². The number of likely N-dealkylation sites (tertiary alicyclic amines) is 3. The maximum atomic E-state index is 13.6. The molecule has 3 aliphatic heterocycles. The van der Waals surface area contributed by atoms with Crippen molar-refractivity contribution in [1.82, 2.24) is 14.7 Å². The first-order chi connectivity index (χ1) is 19.9. The van der Waals surface area contributed by atoms with E-state index < -0.39 is 0 Å². The van der Waals surface area contributed by atoms with E-state index >= 15 is 0 Å². The van der Waals surface area contributed by atoms with Gasteiger partial charge in [-0.3, -0.25) is 9.59 Å². The molecule has 0 saturated carbocycles. The van der Waals surface area contributed by atoms with Gasteiger partial charge in [0.15, 0.2) is 0 Å². The molecule has 0 bridgehead atoms. The summed E-state index contributed by atoms with van der Waals surface area (Å²) in [5.74, 6) is 1.81. The molecule has 3 aliphatic rings. The molecule has 3 saturated heterocycles. The van der Waals surface area contributed by atoms with Crippen molar-refractivity contribution >= 4 is 27.7 Å². The van der Waals surface area contributed by atoms with Crippen LogP contribution in [0, 0.1) is 11.3 Å². The molecule has 3 fully saturated rings. The number of amides is 2. The molecule has 3 aromatic carbocycles. The molecule has 1 spiro atoms. The molecule has 0 unspecified atom stereocenters. The van der Waals surface area contributed by atoms with E-state index in [9.17, 15) is 9.59 Å². The second kappa shape index (κ2) is 12.0. The lowest BCUT2D eigenvalue weighted by Gasteiger charge is -2.39. The van der Waals surface area contributed by atoms with Crippen LogP contribution < -0.4 is 4.74 Å². The van der Waals surface area contributed by atoms with Gasteiger partial charge in [-0.15, -0.1) is 0 Å². The van der Waals surface area contributed by atoms with Crippen LogP contribution in [0.2, 0.25) is 0 Å².